The SMILES string of the molecule is Cl.Cl.N=C(N)c1ccc(OCCCOc2cccc(-c3cc4cc(C(=N)N)ccc4o3)c2)cc1. The molecule has 34 heavy (non-hydrogen) atoms. The molecule has 0 aliphatic heterocycles. The van der Waals surface area contributed by atoms with Crippen LogP contribution in [0.25, 0.3) is 22.3 Å². The van der Waals surface area contributed by atoms with Gasteiger partial charge in [-0.1, -0.05) is 12.1 Å². The topological polar surface area (TPSA) is 131 Å². The second-order valence-corrected chi connectivity index (χ2v) is 7.29. The molecule has 9 heteroatoms. The van der Waals surface area contributed by atoms with Crippen molar-refractivity contribution in [2.45, 2.75) is 6.42 Å². The van der Waals surface area contributed by atoms with E-state index in [1.54, 1.807) is 30.3 Å². The summed E-state index contributed by atoms with van der Waals surface area (Å²) >= 11 is 0. The van der Waals surface area contributed by atoms with Crippen molar-refractivity contribution in [3.8, 4) is 22.8 Å². The molecule has 0 radical (unpaired) electrons. The zero-order chi connectivity index (χ0) is 22.5. The van der Waals surface area contributed by atoms with Crippen molar-refractivity contribution in [1.82, 2.24) is 0 Å². The van der Waals surface area contributed by atoms with E-state index in [4.69, 9.17) is 36.2 Å². The summed E-state index contributed by atoms with van der Waals surface area (Å²) in [5.41, 5.74) is 14.0. The van der Waals surface area contributed by atoms with Crippen LogP contribution in [0.2, 0.25) is 0 Å². The quantitative estimate of drug-likeness (QED) is 0.139. The Balaban J connectivity index is 0.00000204. The Morgan fingerprint density at radius 1 is 0.735 bits per heavy atom. The maximum atomic E-state index is 7.59. The van der Waals surface area contributed by atoms with Crippen LogP contribution < -0.4 is 20.9 Å². The fourth-order valence-electron chi connectivity index (χ4n) is 3.26. The van der Waals surface area contributed by atoms with Crippen LogP contribution in [0.1, 0.15) is 17.5 Å². The molecular weight excluding hydrogens is 475 g/mol. The lowest BCUT2D eigenvalue weighted by atomic mass is 10.1. The number of ether oxygens (including phenoxy) is 2. The predicted molar refractivity (Wildman–Crippen MR) is 140 cm³/mol. The Labute approximate surface area is 209 Å². The molecule has 4 rings (SSSR count). The molecule has 6 N–H and O–H groups in total. The lowest BCUT2D eigenvalue weighted by Crippen LogP contribution is -2.10. The van der Waals surface area contributed by atoms with Gasteiger partial charge in [-0.2, -0.15) is 0 Å². The molecule has 0 fully saturated rings. The number of hydrogen-bond donors (Lipinski definition) is 4. The third-order valence-electron chi connectivity index (χ3n) is 4.94. The summed E-state index contributed by atoms with van der Waals surface area (Å²) in [6.45, 7) is 1.03. The van der Waals surface area contributed by atoms with Gasteiger partial charge < -0.3 is 25.4 Å². The smallest absolute Gasteiger partial charge is 0.135 e. The molecule has 0 spiro atoms. The fraction of sp³-hybridized carbons (Fsp3) is 0.120. The van der Waals surface area contributed by atoms with Crippen molar-refractivity contribution in [3.05, 3.63) is 83.9 Å². The number of benzene rings is 3. The highest BCUT2D eigenvalue weighted by Crippen LogP contribution is 2.30. The number of halogens is 2. The third-order valence-corrected chi connectivity index (χ3v) is 4.94. The van der Waals surface area contributed by atoms with Gasteiger partial charge in [0.15, 0.2) is 0 Å². The Bertz CT molecular complexity index is 1270. The molecule has 0 atom stereocenters. The molecule has 7 nitrogen and oxygen atoms in total. The predicted octanol–water partition coefficient (Wildman–Crippen LogP) is 5.36. The molecule has 0 bridgehead atoms. The van der Waals surface area contributed by atoms with Crippen LogP contribution in [0, 0.1) is 10.8 Å². The van der Waals surface area contributed by atoms with Gasteiger partial charge in [0.05, 0.1) is 13.2 Å². The van der Waals surface area contributed by atoms with Crippen molar-refractivity contribution < 1.29 is 13.9 Å². The van der Waals surface area contributed by atoms with Crippen LogP contribution >= 0.6 is 24.8 Å². The van der Waals surface area contributed by atoms with Crippen molar-refractivity contribution in [3.63, 3.8) is 0 Å². The van der Waals surface area contributed by atoms with Crippen molar-refractivity contribution in [1.29, 1.82) is 10.8 Å². The van der Waals surface area contributed by atoms with Crippen LogP contribution in [-0.2, 0) is 0 Å². The van der Waals surface area contributed by atoms with E-state index in [0.717, 1.165) is 40.2 Å². The first-order chi connectivity index (χ1) is 15.5. The van der Waals surface area contributed by atoms with Gasteiger partial charge in [0.25, 0.3) is 0 Å². The molecule has 3 aromatic carbocycles. The van der Waals surface area contributed by atoms with Gasteiger partial charge in [0.2, 0.25) is 0 Å². The average Bonchev–Trinajstić information content (AvgIpc) is 3.23. The molecule has 1 heterocycles. The van der Waals surface area contributed by atoms with E-state index in [9.17, 15) is 0 Å². The Morgan fingerprint density at radius 3 is 2.06 bits per heavy atom. The molecule has 0 amide bonds. The van der Waals surface area contributed by atoms with Crippen LogP contribution in [0.3, 0.4) is 0 Å². The highest BCUT2D eigenvalue weighted by molar-refractivity contribution is 5.99. The molecule has 1 aromatic heterocycles. The molecule has 0 aliphatic carbocycles. The van der Waals surface area contributed by atoms with Gasteiger partial charge in [0.1, 0.15) is 34.5 Å². The van der Waals surface area contributed by atoms with Gasteiger partial charge in [-0.3, -0.25) is 10.8 Å². The number of nitrogens with two attached hydrogens (primary N) is 2. The van der Waals surface area contributed by atoms with Gasteiger partial charge in [0, 0.05) is 28.5 Å². The molecule has 0 saturated carbocycles. The number of rotatable bonds is 9. The number of hydrogen-bond acceptors (Lipinski definition) is 5. The first-order valence-electron chi connectivity index (χ1n) is 10.2. The van der Waals surface area contributed by atoms with Gasteiger partial charge in [-0.15, -0.1) is 24.8 Å². The van der Waals surface area contributed by atoms with E-state index in [2.05, 4.69) is 0 Å². The monoisotopic (exact) mass is 500 g/mol. The molecule has 0 unspecified atom stereocenters. The Hall–Kier alpha value is -3.68. The Morgan fingerprint density at radius 2 is 1.38 bits per heavy atom. The highest BCUT2D eigenvalue weighted by Gasteiger charge is 2.09. The normalized spacial score (nSPS) is 10.1. The van der Waals surface area contributed by atoms with Crippen molar-refractivity contribution in [2.24, 2.45) is 11.5 Å². The van der Waals surface area contributed by atoms with E-state index in [-0.39, 0.29) is 36.5 Å². The molecule has 4 aromatic rings. The second-order valence-electron chi connectivity index (χ2n) is 7.29. The van der Waals surface area contributed by atoms with Crippen LogP contribution in [0.5, 0.6) is 11.5 Å². The number of fused-ring (bicyclic) bond motifs is 1. The average molecular weight is 501 g/mol. The second kappa shape index (κ2) is 12.0. The zero-order valence-corrected chi connectivity index (χ0v) is 19.9. The van der Waals surface area contributed by atoms with E-state index in [0.29, 0.717) is 24.3 Å². The Kier molecular flexibility index (Phi) is 9.36. The summed E-state index contributed by atoms with van der Waals surface area (Å²) in [6.07, 6.45) is 0.719. The van der Waals surface area contributed by atoms with Gasteiger partial charge >= 0.3 is 0 Å². The fourth-order valence-corrected chi connectivity index (χ4v) is 3.26. The summed E-state index contributed by atoms with van der Waals surface area (Å²) in [7, 11) is 0. The third kappa shape index (κ3) is 6.43. The van der Waals surface area contributed by atoms with E-state index < -0.39 is 0 Å². The summed E-state index contributed by atoms with van der Waals surface area (Å²) in [5, 5.41) is 15.9. The lowest BCUT2D eigenvalue weighted by Gasteiger charge is -2.09. The molecular formula is C25H26Cl2N4O3. The van der Waals surface area contributed by atoms with Gasteiger partial charge in [-0.25, -0.2) is 0 Å². The maximum absolute atomic E-state index is 7.59. The number of nitrogen functional groups attached to an aromatic ring is 2. The minimum Gasteiger partial charge on any atom is -0.493 e. The highest BCUT2D eigenvalue weighted by atomic mass is 35.5. The number of nitrogens with one attached hydrogen (secondary N) is 2. The summed E-state index contributed by atoms with van der Waals surface area (Å²) in [6, 6.07) is 22.2. The largest absolute Gasteiger partial charge is 0.493 e. The standard InChI is InChI=1S/C25H24N4O3.2ClH/c26-24(27)16-5-8-20(9-6-16)30-11-2-12-31-21-4-1-3-17(14-21)23-15-19-13-18(25(28)29)7-10-22(19)32-23;;/h1,3-10,13-15H,2,11-12H2,(H3,26,27)(H3,28,29);2*1H. The van der Waals surface area contributed by atoms with Crippen LogP contribution in [-0.4, -0.2) is 24.9 Å². The molecule has 0 aliphatic rings. The van der Waals surface area contributed by atoms with E-state index >= 15 is 0 Å². The minimum absolute atomic E-state index is 0. The van der Waals surface area contributed by atoms with Crippen LogP contribution in [0.4, 0.5) is 0 Å². The maximum Gasteiger partial charge on any atom is 0.135 e. The first kappa shape index (κ1) is 26.6. The van der Waals surface area contributed by atoms with Gasteiger partial charge in [-0.05, 0) is 60.7 Å². The van der Waals surface area contributed by atoms with Crippen LogP contribution in [0.15, 0.2) is 77.2 Å². The van der Waals surface area contributed by atoms with E-state index in [1.807, 2.05) is 42.5 Å². The summed E-state index contributed by atoms with van der Waals surface area (Å²) < 4.78 is 17.5. The summed E-state index contributed by atoms with van der Waals surface area (Å²) in [4.78, 5) is 0. The number of amidine groups is 2. The number of furan rings is 1. The van der Waals surface area contributed by atoms with Crippen molar-refractivity contribution in [2.75, 3.05) is 13.2 Å². The summed E-state index contributed by atoms with van der Waals surface area (Å²) in [5.74, 6) is 2.27. The molecule has 0 saturated heterocycles. The van der Waals surface area contributed by atoms with E-state index in [1.165, 1.54) is 0 Å². The minimum atomic E-state index is 0. The molecule has 178 valence electrons. The van der Waals surface area contributed by atoms with Crippen molar-refractivity contribution >= 4 is 47.5 Å². The zero-order valence-electron chi connectivity index (χ0n) is 18.2. The first-order valence-corrected chi connectivity index (χ1v) is 10.2. The lowest BCUT2D eigenvalue weighted by molar-refractivity contribution is 0.247.